The molecule has 0 saturated carbocycles. The van der Waals surface area contributed by atoms with Crippen molar-refractivity contribution in [1.82, 2.24) is 10.2 Å². The topological polar surface area (TPSA) is 32.3 Å². The number of nitrogens with zero attached hydrogens (tertiary/aromatic N) is 1. The van der Waals surface area contributed by atoms with Crippen LogP contribution in [-0.4, -0.2) is 36.2 Å². The number of benzene rings is 1. The summed E-state index contributed by atoms with van der Waals surface area (Å²) in [5.41, 5.74) is 1.29. The first-order valence-electron chi connectivity index (χ1n) is 7.41. The Morgan fingerprint density at radius 3 is 2.35 bits per heavy atom. The SMILES string of the molecule is CCCNCc1ccc(SCC(=O)N(CC)CC)cc1. The maximum absolute atomic E-state index is 11.9. The minimum absolute atomic E-state index is 0.216. The van der Waals surface area contributed by atoms with Crippen LogP contribution >= 0.6 is 11.8 Å². The largest absolute Gasteiger partial charge is 0.343 e. The third kappa shape index (κ3) is 5.97. The molecule has 1 aromatic rings. The third-order valence-corrected chi connectivity index (χ3v) is 4.15. The summed E-state index contributed by atoms with van der Waals surface area (Å²) < 4.78 is 0. The predicted octanol–water partition coefficient (Wildman–Crippen LogP) is 3.15. The highest BCUT2D eigenvalue weighted by atomic mass is 32.2. The fourth-order valence-electron chi connectivity index (χ4n) is 1.93. The second kappa shape index (κ2) is 9.83. The van der Waals surface area contributed by atoms with E-state index in [0.717, 1.165) is 37.5 Å². The molecule has 0 fully saturated rings. The van der Waals surface area contributed by atoms with Gasteiger partial charge in [-0.2, -0.15) is 0 Å². The van der Waals surface area contributed by atoms with Gasteiger partial charge in [0.1, 0.15) is 0 Å². The van der Waals surface area contributed by atoms with E-state index in [1.165, 1.54) is 5.56 Å². The van der Waals surface area contributed by atoms with Crippen molar-refractivity contribution in [3.8, 4) is 0 Å². The maximum atomic E-state index is 11.9. The first-order valence-corrected chi connectivity index (χ1v) is 8.40. The summed E-state index contributed by atoms with van der Waals surface area (Å²) in [7, 11) is 0. The molecule has 0 unspecified atom stereocenters. The molecule has 0 aliphatic heterocycles. The van der Waals surface area contributed by atoms with E-state index in [-0.39, 0.29) is 5.91 Å². The van der Waals surface area contributed by atoms with Gasteiger partial charge in [-0.1, -0.05) is 19.1 Å². The maximum Gasteiger partial charge on any atom is 0.232 e. The Kier molecular flexibility index (Phi) is 8.38. The summed E-state index contributed by atoms with van der Waals surface area (Å²) in [6, 6.07) is 8.46. The van der Waals surface area contributed by atoms with E-state index in [1.807, 2.05) is 18.7 Å². The molecule has 112 valence electrons. The van der Waals surface area contributed by atoms with Crippen LogP contribution < -0.4 is 5.32 Å². The number of hydrogen-bond acceptors (Lipinski definition) is 3. The summed E-state index contributed by atoms with van der Waals surface area (Å²) in [6.07, 6.45) is 1.15. The van der Waals surface area contributed by atoms with Crippen LogP contribution in [0.4, 0.5) is 0 Å². The average molecular weight is 294 g/mol. The number of nitrogens with one attached hydrogen (secondary N) is 1. The second-order valence-electron chi connectivity index (χ2n) is 4.68. The van der Waals surface area contributed by atoms with Crippen LogP contribution in [0.5, 0.6) is 0 Å². The first kappa shape index (κ1) is 17.1. The van der Waals surface area contributed by atoms with Crippen LogP contribution in [-0.2, 0) is 11.3 Å². The summed E-state index contributed by atoms with van der Waals surface area (Å²) in [5, 5.41) is 3.38. The Morgan fingerprint density at radius 2 is 1.80 bits per heavy atom. The molecule has 0 bridgehead atoms. The van der Waals surface area contributed by atoms with E-state index < -0.39 is 0 Å². The van der Waals surface area contributed by atoms with E-state index in [0.29, 0.717) is 5.75 Å². The van der Waals surface area contributed by atoms with E-state index in [4.69, 9.17) is 0 Å². The van der Waals surface area contributed by atoms with Gasteiger partial charge in [-0.3, -0.25) is 4.79 Å². The van der Waals surface area contributed by atoms with Gasteiger partial charge >= 0.3 is 0 Å². The molecule has 3 nitrogen and oxygen atoms in total. The lowest BCUT2D eigenvalue weighted by Crippen LogP contribution is -2.31. The van der Waals surface area contributed by atoms with Crippen LogP contribution in [0.3, 0.4) is 0 Å². The zero-order chi connectivity index (χ0) is 14.8. The summed E-state index contributed by atoms with van der Waals surface area (Å²) >= 11 is 1.61. The lowest BCUT2D eigenvalue weighted by molar-refractivity contribution is -0.127. The highest BCUT2D eigenvalue weighted by molar-refractivity contribution is 8.00. The zero-order valence-electron chi connectivity index (χ0n) is 12.8. The first-order chi connectivity index (χ1) is 9.71. The fraction of sp³-hybridized carbons (Fsp3) is 0.562. The van der Waals surface area contributed by atoms with E-state index in [9.17, 15) is 4.79 Å². The summed E-state index contributed by atoms with van der Waals surface area (Å²) in [4.78, 5) is 14.9. The van der Waals surface area contributed by atoms with Crippen LogP contribution in [0.15, 0.2) is 29.2 Å². The van der Waals surface area contributed by atoms with Crippen molar-refractivity contribution in [2.75, 3.05) is 25.4 Å². The number of hydrogen-bond donors (Lipinski definition) is 1. The lowest BCUT2D eigenvalue weighted by atomic mass is 10.2. The fourth-order valence-corrected chi connectivity index (χ4v) is 2.73. The van der Waals surface area contributed by atoms with Crippen LogP contribution in [0, 0.1) is 0 Å². The van der Waals surface area contributed by atoms with Gasteiger partial charge in [0, 0.05) is 24.5 Å². The van der Waals surface area contributed by atoms with Gasteiger partial charge in [-0.15, -0.1) is 11.8 Å². The van der Waals surface area contributed by atoms with Gasteiger partial charge in [0.2, 0.25) is 5.91 Å². The molecule has 0 aliphatic rings. The van der Waals surface area contributed by atoms with E-state index in [1.54, 1.807) is 11.8 Å². The molecule has 0 spiro atoms. The van der Waals surface area contributed by atoms with E-state index in [2.05, 4.69) is 36.5 Å². The quantitative estimate of drug-likeness (QED) is 0.561. The second-order valence-corrected chi connectivity index (χ2v) is 5.72. The summed E-state index contributed by atoms with van der Waals surface area (Å²) in [6.45, 7) is 9.75. The van der Waals surface area contributed by atoms with Gasteiger partial charge in [0.25, 0.3) is 0 Å². The Bertz CT molecular complexity index is 388. The Labute approximate surface area is 127 Å². The van der Waals surface area contributed by atoms with Gasteiger partial charge in [-0.25, -0.2) is 0 Å². The minimum atomic E-state index is 0.216. The molecule has 1 amide bonds. The molecule has 1 aromatic carbocycles. The number of carbonyl (C=O) groups is 1. The molecule has 0 saturated heterocycles. The Morgan fingerprint density at radius 1 is 1.15 bits per heavy atom. The van der Waals surface area contributed by atoms with Gasteiger partial charge in [-0.05, 0) is 44.5 Å². The molecular weight excluding hydrogens is 268 g/mol. The van der Waals surface area contributed by atoms with Crippen molar-refractivity contribution in [3.63, 3.8) is 0 Å². The third-order valence-electron chi connectivity index (χ3n) is 3.16. The molecule has 1 rings (SSSR count). The van der Waals surface area contributed by atoms with Gasteiger partial charge in [0.15, 0.2) is 0 Å². The lowest BCUT2D eigenvalue weighted by Gasteiger charge is -2.18. The molecule has 20 heavy (non-hydrogen) atoms. The van der Waals surface area contributed by atoms with E-state index >= 15 is 0 Å². The standard InChI is InChI=1S/C16H26N2OS/c1-4-11-17-12-14-7-9-15(10-8-14)20-13-16(19)18(5-2)6-3/h7-10,17H,4-6,11-13H2,1-3H3. The molecule has 1 N–H and O–H groups in total. The van der Waals surface area contributed by atoms with Crippen molar-refractivity contribution in [2.24, 2.45) is 0 Å². The van der Waals surface area contributed by atoms with Crippen molar-refractivity contribution < 1.29 is 4.79 Å². The molecule has 0 aromatic heterocycles. The monoisotopic (exact) mass is 294 g/mol. The summed E-state index contributed by atoms with van der Waals surface area (Å²) in [5.74, 6) is 0.739. The number of amides is 1. The van der Waals surface area contributed by atoms with Crippen molar-refractivity contribution in [3.05, 3.63) is 29.8 Å². The minimum Gasteiger partial charge on any atom is -0.343 e. The highest BCUT2D eigenvalue weighted by Gasteiger charge is 2.09. The number of rotatable bonds is 9. The molecule has 4 heteroatoms. The highest BCUT2D eigenvalue weighted by Crippen LogP contribution is 2.19. The van der Waals surface area contributed by atoms with Crippen LogP contribution in [0.25, 0.3) is 0 Å². The molecular formula is C16H26N2OS. The van der Waals surface area contributed by atoms with Gasteiger partial charge in [0.05, 0.1) is 5.75 Å². The molecule has 0 aliphatic carbocycles. The average Bonchev–Trinajstić information content (AvgIpc) is 2.48. The number of carbonyl (C=O) groups excluding carboxylic acids is 1. The number of thioether (sulfide) groups is 1. The Balaban J connectivity index is 2.39. The zero-order valence-corrected chi connectivity index (χ0v) is 13.6. The predicted molar refractivity (Wildman–Crippen MR) is 87.1 cm³/mol. The van der Waals surface area contributed by atoms with Crippen molar-refractivity contribution >= 4 is 17.7 Å². The molecule has 0 heterocycles. The molecule has 0 atom stereocenters. The Hall–Kier alpha value is -1.00. The normalized spacial score (nSPS) is 10.6. The molecule has 0 radical (unpaired) electrons. The van der Waals surface area contributed by atoms with Crippen molar-refractivity contribution in [2.45, 2.75) is 38.6 Å². The van der Waals surface area contributed by atoms with Crippen molar-refractivity contribution in [1.29, 1.82) is 0 Å². The van der Waals surface area contributed by atoms with Crippen LogP contribution in [0.2, 0.25) is 0 Å². The van der Waals surface area contributed by atoms with Crippen LogP contribution in [0.1, 0.15) is 32.8 Å². The van der Waals surface area contributed by atoms with Gasteiger partial charge < -0.3 is 10.2 Å². The smallest absolute Gasteiger partial charge is 0.232 e.